The zero-order valence-corrected chi connectivity index (χ0v) is 40.9. The van der Waals surface area contributed by atoms with Crippen LogP contribution in [0.5, 0.6) is 0 Å². The minimum absolute atomic E-state index is 0.877. The van der Waals surface area contributed by atoms with E-state index in [0.29, 0.717) is 0 Å². The molecule has 3 nitrogen and oxygen atoms in total. The highest BCUT2D eigenvalue weighted by molar-refractivity contribution is 6.31. The number of hydrogen-bond acceptors (Lipinski definition) is 3. The molecular formula is C72H46N2O. The number of rotatable bonds is 5. The highest BCUT2D eigenvalue weighted by Gasteiger charge is 2.31. The lowest BCUT2D eigenvalue weighted by atomic mass is 9.93. The molecule has 3 heteroatoms. The number of benzene rings is 12. The van der Waals surface area contributed by atoms with E-state index in [4.69, 9.17) is 4.42 Å². The Kier molecular flexibility index (Phi) is 9.89. The van der Waals surface area contributed by atoms with Crippen LogP contribution in [0.15, 0.2) is 283 Å². The number of para-hydroxylation sites is 4. The molecule has 0 unspecified atom stereocenters. The van der Waals surface area contributed by atoms with Crippen LogP contribution in [0.2, 0.25) is 0 Å². The van der Waals surface area contributed by atoms with Gasteiger partial charge < -0.3 is 14.2 Å². The van der Waals surface area contributed by atoms with Crippen LogP contribution in [-0.2, 0) is 0 Å². The van der Waals surface area contributed by atoms with Crippen molar-refractivity contribution >= 4 is 110 Å². The molecule has 2 heterocycles. The van der Waals surface area contributed by atoms with E-state index in [9.17, 15) is 0 Å². The van der Waals surface area contributed by atoms with E-state index in [1.807, 2.05) is 0 Å². The van der Waals surface area contributed by atoms with Crippen LogP contribution in [0.1, 0.15) is 0 Å². The van der Waals surface area contributed by atoms with Gasteiger partial charge in [-0.25, -0.2) is 0 Å². The van der Waals surface area contributed by atoms with Gasteiger partial charge in [-0.3, -0.25) is 0 Å². The van der Waals surface area contributed by atoms with E-state index < -0.39 is 0 Å². The molecule has 0 fully saturated rings. The molecule has 0 N–H and O–H groups in total. The maximum atomic E-state index is 7.02. The first kappa shape index (κ1) is 42.7. The average molecular weight is 955 g/mol. The lowest BCUT2D eigenvalue weighted by molar-refractivity contribution is 0.673. The second-order valence-corrected chi connectivity index (χ2v) is 19.5. The number of hydrogen-bond donors (Lipinski definition) is 0. The average Bonchev–Trinajstić information content (AvgIpc) is 3.85. The summed E-state index contributed by atoms with van der Waals surface area (Å²) in [5, 5.41) is 13.6. The molecule has 1 aliphatic rings. The Morgan fingerprint density at radius 1 is 0.293 bits per heavy atom. The summed E-state index contributed by atoms with van der Waals surface area (Å²) in [6.45, 7) is 0. The fourth-order valence-corrected chi connectivity index (χ4v) is 12.1. The summed E-state index contributed by atoms with van der Waals surface area (Å²) in [5.74, 6) is 0. The van der Waals surface area contributed by atoms with E-state index in [2.05, 4.69) is 289 Å². The topological polar surface area (TPSA) is 19.6 Å². The number of nitrogens with zero attached hydrogens (tertiary/aromatic N) is 2. The van der Waals surface area contributed by atoms with Crippen molar-refractivity contribution in [3.63, 3.8) is 0 Å². The predicted octanol–water partition coefficient (Wildman–Crippen LogP) is 20.7. The van der Waals surface area contributed by atoms with Crippen LogP contribution in [0.3, 0.4) is 0 Å². The molecule has 75 heavy (non-hydrogen) atoms. The quantitative estimate of drug-likeness (QED) is 0.171. The maximum absolute atomic E-state index is 7.02. The molecule has 0 amide bonds. The van der Waals surface area contributed by atoms with Gasteiger partial charge >= 0.3 is 0 Å². The van der Waals surface area contributed by atoms with Crippen molar-refractivity contribution < 1.29 is 4.42 Å². The van der Waals surface area contributed by atoms with Gasteiger partial charge in [0.1, 0.15) is 11.2 Å². The van der Waals surface area contributed by atoms with Crippen LogP contribution in [0.4, 0.5) is 34.1 Å². The Bertz CT molecular complexity index is 4670. The minimum Gasteiger partial charge on any atom is -0.455 e. The maximum Gasteiger partial charge on any atom is 0.143 e. The summed E-state index contributed by atoms with van der Waals surface area (Å²) < 4.78 is 7.02. The minimum atomic E-state index is 0.877. The van der Waals surface area contributed by atoms with Crippen LogP contribution in [0.25, 0.3) is 109 Å². The number of furan rings is 1. The molecule has 0 atom stereocenters. The third-order valence-electron chi connectivity index (χ3n) is 15.4. The van der Waals surface area contributed by atoms with Crippen molar-refractivity contribution in [2.75, 3.05) is 9.80 Å². The van der Waals surface area contributed by atoms with Gasteiger partial charge in [0.25, 0.3) is 0 Å². The number of anilines is 6. The van der Waals surface area contributed by atoms with Gasteiger partial charge in [0.2, 0.25) is 0 Å². The molecule has 0 bridgehead atoms. The normalized spacial score (nSPS) is 12.0. The molecule has 0 saturated carbocycles. The molecule has 0 spiro atoms. The summed E-state index contributed by atoms with van der Waals surface area (Å²) in [6.07, 6.45) is 0. The van der Waals surface area contributed by atoms with Crippen molar-refractivity contribution in [3.05, 3.63) is 279 Å². The van der Waals surface area contributed by atoms with Crippen molar-refractivity contribution in [3.8, 4) is 33.4 Å². The van der Waals surface area contributed by atoms with Crippen LogP contribution in [0, 0.1) is 0 Å². The van der Waals surface area contributed by atoms with E-state index in [1.54, 1.807) is 0 Å². The molecule has 13 aromatic carbocycles. The predicted molar refractivity (Wildman–Crippen MR) is 318 cm³/mol. The first-order chi connectivity index (χ1) is 37.2. The van der Waals surface area contributed by atoms with Gasteiger partial charge in [0.05, 0.1) is 17.1 Å². The molecule has 0 aliphatic carbocycles. The smallest absolute Gasteiger partial charge is 0.143 e. The molecule has 0 radical (unpaired) electrons. The van der Waals surface area contributed by atoms with E-state index in [0.717, 1.165) is 110 Å². The zero-order chi connectivity index (χ0) is 49.4. The van der Waals surface area contributed by atoms with Crippen LogP contribution >= 0.6 is 0 Å². The van der Waals surface area contributed by atoms with E-state index >= 15 is 0 Å². The standard InChI is InChI=1S/C72H46N2O/c1-3-21-47(22-4-1)48-23-19-26-50(45-48)73(68-39-20-37-64-57-32-11-10-30-55(57)60-34-15-17-38-67(60)74(71(64)68)49-24-5-2-6-25-49)51-41-42-59-63-43-44-65-61-35-16-18-40-69(61)75-72(65)70(63)62-36-14-13-31-56(62)53-28-8-7-27-52(53)54-29-9-12-33-58(54)66(59)46-51/h1-46H. The Labute approximate surface area is 434 Å². The molecule has 1 aromatic heterocycles. The highest BCUT2D eigenvalue weighted by atomic mass is 16.3. The SMILES string of the molecule is c1ccc(-c2cccc(N(c3ccc4c(c3)c3ccccc3c3ccccc3c3ccccc3c3c4ccc4c5ccccc5oc43)c3cccc4c3N(c3ccccc3)c3ccccc3-c3ccccc3-4)c2)cc1. The Balaban J connectivity index is 1.12. The zero-order valence-electron chi connectivity index (χ0n) is 40.9. The van der Waals surface area contributed by atoms with Gasteiger partial charge in [-0.05, 0) is 131 Å². The van der Waals surface area contributed by atoms with Crippen LogP contribution in [-0.4, -0.2) is 0 Å². The summed E-state index contributed by atoms with van der Waals surface area (Å²) in [5.41, 5.74) is 15.2. The van der Waals surface area contributed by atoms with Gasteiger partial charge in [0.15, 0.2) is 0 Å². The summed E-state index contributed by atoms with van der Waals surface area (Å²) in [4.78, 5) is 4.97. The summed E-state index contributed by atoms with van der Waals surface area (Å²) >= 11 is 0. The van der Waals surface area contributed by atoms with Crippen molar-refractivity contribution in [1.29, 1.82) is 0 Å². The van der Waals surface area contributed by atoms with E-state index in [1.165, 1.54) is 32.8 Å². The fraction of sp³-hybridized carbons (Fsp3) is 0. The third kappa shape index (κ3) is 6.83. The first-order valence-corrected chi connectivity index (χ1v) is 25.7. The van der Waals surface area contributed by atoms with Crippen LogP contribution < -0.4 is 9.80 Å². The fourth-order valence-electron chi connectivity index (χ4n) is 12.1. The summed E-state index contributed by atoms with van der Waals surface area (Å²) in [7, 11) is 0. The second-order valence-electron chi connectivity index (χ2n) is 19.5. The summed E-state index contributed by atoms with van der Waals surface area (Å²) in [6, 6.07) is 102. The Hall–Kier alpha value is -9.96. The van der Waals surface area contributed by atoms with Crippen molar-refractivity contribution in [2.24, 2.45) is 0 Å². The third-order valence-corrected chi connectivity index (χ3v) is 15.4. The van der Waals surface area contributed by atoms with Gasteiger partial charge in [-0.15, -0.1) is 0 Å². The van der Waals surface area contributed by atoms with Gasteiger partial charge in [0, 0.05) is 44.3 Å². The first-order valence-electron chi connectivity index (χ1n) is 25.7. The molecule has 1 aliphatic heterocycles. The van der Waals surface area contributed by atoms with Crippen molar-refractivity contribution in [2.45, 2.75) is 0 Å². The molecule has 0 saturated heterocycles. The van der Waals surface area contributed by atoms with Gasteiger partial charge in [-0.1, -0.05) is 218 Å². The molecule has 14 aromatic rings. The Morgan fingerprint density at radius 2 is 0.773 bits per heavy atom. The van der Waals surface area contributed by atoms with Crippen molar-refractivity contribution in [1.82, 2.24) is 0 Å². The highest BCUT2D eigenvalue weighted by Crippen LogP contribution is 2.56. The molecule has 15 rings (SSSR count). The van der Waals surface area contributed by atoms with Gasteiger partial charge in [-0.2, -0.15) is 0 Å². The number of fused-ring (bicyclic) bond motifs is 19. The Morgan fingerprint density at radius 3 is 1.51 bits per heavy atom. The van der Waals surface area contributed by atoms with E-state index in [-0.39, 0.29) is 0 Å². The lowest BCUT2D eigenvalue weighted by Crippen LogP contribution is -2.17. The molecular weight excluding hydrogens is 909 g/mol. The monoisotopic (exact) mass is 954 g/mol. The lowest BCUT2D eigenvalue weighted by Gasteiger charge is -2.34. The largest absolute Gasteiger partial charge is 0.455 e. The molecule has 350 valence electrons. The second kappa shape index (κ2) is 17.4.